The Kier molecular flexibility index (Phi) is 2.33. The molecule has 1 atom stereocenters. The molecule has 1 N–H and O–H groups in total. The van der Waals surface area contributed by atoms with Crippen molar-refractivity contribution in [2.45, 2.75) is 12.8 Å². The van der Waals surface area contributed by atoms with Gasteiger partial charge in [-0.25, -0.2) is 0 Å². The molecule has 0 aliphatic carbocycles. The Morgan fingerprint density at radius 2 is 1.83 bits per heavy atom. The molecule has 3 nitrogen and oxygen atoms in total. The van der Waals surface area contributed by atoms with Crippen molar-refractivity contribution >= 4 is 27.9 Å². The van der Waals surface area contributed by atoms with Gasteiger partial charge in [-0.1, -0.05) is 30.3 Å². The minimum absolute atomic E-state index is 0.547. The molecule has 0 spiro atoms. The topological polar surface area (TPSA) is 50.4 Å². The first-order valence-corrected chi connectivity index (χ1v) is 5.81. The van der Waals surface area contributed by atoms with Gasteiger partial charge in [0.1, 0.15) is 11.2 Å². The van der Waals surface area contributed by atoms with Gasteiger partial charge in [-0.3, -0.25) is 4.79 Å². The van der Waals surface area contributed by atoms with Crippen molar-refractivity contribution in [3.05, 3.63) is 48.0 Å². The van der Waals surface area contributed by atoms with Crippen molar-refractivity contribution in [1.29, 1.82) is 0 Å². The summed E-state index contributed by atoms with van der Waals surface area (Å²) >= 11 is 0. The Morgan fingerprint density at radius 3 is 2.61 bits per heavy atom. The molecule has 0 radical (unpaired) electrons. The molecule has 90 valence electrons. The lowest BCUT2D eigenvalue weighted by Crippen LogP contribution is -2.07. The second-order valence-corrected chi connectivity index (χ2v) is 4.38. The van der Waals surface area contributed by atoms with Crippen LogP contribution in [-0.2, 0) is 4.79 Å². The van der Waals surface area contributed by atoms with E-state index in [0.29, 0.717) is 0 Å². The Hall–Kier alpha value is -2.29. The average Bonchev–Trinajstić information content (AvgIpc) is 2.76. The molecule has 0 aliphatic rings. The van der Waals surface area contributed by atoms with Crippen LogP contribution < -0.4 is 0 Å². The van der Waals surface area contributed by atoms with Gasteiger partial charge in [0, 0.05) is 10.8 Å². The number of para-hydroxylation sites is 1. The van der Waals surface area contributed by atoms with Crippen LogP contribution in [0.15, 0.2) is 46.9 Å². The summed E-state index contributed by atoms with van der Waals surface area (Å²) in [5.41, 5.74) is 2.32. The van der Waals surface area contributed by atoms with Gasteiger partial charge in [0.15, 0.2) is 0 Å². The van der Waals surface area contributed by atoms with Crippen LogP contribution in [0, 0.1) is 0 Å². The van der Waals surface area contributed by atoms with E-state index in [0.717, 1.165) is 27.5 Å². The lowest BCUT2D eigenvalue weighted by molar-refractivity contribution is -0.138. The van der Waals surface area contributed by atoms with Crippen LogP contribution >= 0.6 is 0 Å². The van der Waals surface area contributed by atoms with Crippen LogP contribution in [0.1, 0.15) is 18.4 Å². The van der Waals surface area contributed by atoms with Crippen molar-refractivity contribution < 1.29 is 14.3 Å². The number of carboxylic acids is 1. The Bertz CT molecular complexity index is 740. The highest BCUT2D eigenvalue weighted by molar-refractivity contribution is 6.07. The minimum Gasteiger partial charge on any atom is -0.481 e. The molecular formula is C15H12O3. The summed E-state index contributed by atoms with van der Waals surface area (Å²) in [6.45, 7) is 1.69. The highest BCUT2D eigenvalue weighted by Crippen LogP contribution is 2.34. The molecule has 3 heteroatoms. The molecule has 0 saturated carbocycles. The second kappa shape index (κ2) is 3.88. The Morgan fingerprint density at radius 1 is 1.11 bits per heavy atom. The normalized spacial score (nSPS) is 12.9. The number of hydrogen-bond donors (Lipinski definition) is 1. The maximum atomic E-state index is 11.2. The van der Waals surface area contributed by atoms with Gasteiger partial charge in [-0.05, 0) is 24.6 Å². The van der Waals surface area contributed by atoms with Crippen LogP contribution in [0.5, 0.6) is 0 Å². The molecule has 0 fully saturated rings. The van der Waals surface area contributed by atoms with Crippen molar-refractivity contribution in [3.63, 3.8) is 0 Å². The van der Waals surface area contributed by atoms with Crippen LogP contribution in [0.3, 0.4) is 0 Å². The minimum atomic E-state index is -0.826. The third kappa shape index (κ3) is 1.48. The van der Waals surface area contributed by atoms with Gasteiger partial charge < -0.3 is 9.52 Å². The van der Waals surface area contributed by atoms with Crippen LogP contribution in [0.25, 0.3) is 21.9 Å². The maximum Gasteiger partial charge on any atom is 0.310 e. The number of carbonyl (C=O) groups is 1. The summed E-state index contributed by atoms with van der Waals surface area (Å²) in [4.78, 5) is 11.2. The van der Waals surface area contributed by atoms with Gasteiger partial charge in [-0.15, -0.1) is 0 Å². The summed E-state index contributed by atoms with van der Waals surface area (Å²) in [7, 11) is 0. The largest absolute Gasteiger partial charge is 0.481 e. The van der Waals surface area contributed by atoms with E-state index in [1.807, 2.05) is 42.5 Å². The zero-order valence-corrected chi connectivity index (χ0v) is 9.88. The Balaban J connectivity index is 2.42. The maximum absolute atomic E-state index is 11.2. The van der Waals surface area contributed by atoms with Crippen molar-refractivity contribution in [3.8, 4) is 0 Å². The van der Waals surface area contributed by atoms with Crippen molar-refractivity contribution in [2.24, 2.45) is 0 Å². The SMILES string of the molecule is CC(C(=O)O)c1cccc2oc3ccccc3c12. The third-order valence-electron chi connectivity index (χ3n) is 3.27. The summed E-state index contributed by atoms with van der Waals surface area (Å²) in [6.07, 6.45) is 0. The molecule has 2 aromatic carbocycles. The number of carboxylic acid groups (broad SMARTS) is 1. The zero-order valence-electron chi connectivity index (χ0n) is 9.88. The molecule has 18 heavy (non-hydrogen) atoms. The molecular weight excluding hydrogens is 228 g/mol. The van der Waals surface area contributed by atoms with E-state index in [1.165, 1.54) is 0 Å². The van der Waals surface area contributed by atoms with E-state index in [9.17, 15) is 9.90 Å². The fraction of sp³-hybridized carbons (Fsp3) is 0.133. The van der Waals surface area contributed by atoms with Crippen molar-refractivity contribution in [1.82, 2.24) is 0 Å². The first kappa shape index (κ1) is 10.8. The summed E-state index contributed by atoms with van der Waals surface area (Å²) in [6, 6.07) is 13.2. The third-order valence-corrected chi connectivity index (χ3v) is 3.27. The predicted molar refractivity (Wildman–Crippen MR) is 69.8 cm³/mol. The zero-order chi connectivity index (χ0) is 12.7. The number of rotatable bonds is 2. The predicted octanol–water partition coefficient (Wildman–Crippen LogP) is 3.77. The number of hydrogen-bond acceptors (Lipinski definition) is 2. The number of furan rings is 1. The number of fused-ring (bicyclic) bond motifs is 3. The lowest BCUT2D eigenvalue weighted by Gasteiger charge is -2.07. The molecule has 1 aromatic heterocycles. The van der Waals surface area contributed by atoms with E-state index in [1.54, 1.807) is 6.92 Å². The Labute approximate surface area is 104 Å². The first-order chi connectivity index (χ1) is 8.68. The molecule has 3 rings (SSSR count). The number of aliphatic carboxylic acids is 1. The monoisotopic (exact) mass is 240 g/mol. The van der Waals surface area contributed by atoms with E-state index in [4.69, 9.17) is 4.42 Å². The molecule has 3 aromatic rings. The highest BCUT2D eigenvalue weighted by Gasteiger charge is 2.19. The standard InChI is InChI=1S/C15H12O3/c1-9(15(16)17)10-6-4-8-13-14(10)11-5-2-3-7-12(11)18-13/h2-9H,1H3,(H,16,17). The second-order valence-electron chi connectivity index (χ2n) is 4.38. The van der Waals surface area contributed by atoms with Crippen molar-refractivity contribution in [2.75, 3.05) is 0 Å². The molecule has 0 saturated heterocycles. The van der Waals surface area contributed by atoms with E-state index in [-0.39, 0.29) is 0 Å². The number of benzene rings is 2. The fourth-order valence-electron chi connectivity index (χ4n) is 2.30. The average molecular weight is 240 g/mol. The molecule has 1 heterocycles. The smallest absolute Gasteiger partial charge is 0.310 e. The summed E-state index contributed by atoms with van der Waals surface area (Å²) < 4.78 is 5.73. The quantitative estimate of drug-likeness (QED) is 0.741. The van der Waals surface area contributed by atoms with Gasteiger partial charge >= 0.3 is 5.97 Å². The summed E-state index contributed by atoms with van der Waals surface area (Å²) in [5, 5.41) is 11.0. The van der Waals surface area contributed by atoms with Gasteiger partial charge in [0.2, 0.25) is 0 Å². The lowest BCUT2D eigenvalue weighted by atomic mass is 9.96. The summed E-state index contributed by atoms with van der Waals surface area (Å²) in [5.74, 6) is -1.37. The van der Waals surface area contributed by atoms with Gasteiger partial charge in [0.25, 0.3) is 0 Å². The van der Waals surface area contributed by atoms with E-state index in [2.05, 4.69) is 0 Å². The van der Waals surface area contributed by atoms with E-state index < -0.39 is 11.9 Å². The fourth-order valence-corrected chi connectivity index (χ4v) is 2.30. The van der Waals surface area contributed by atoms with Crippen LogP contribution in [0.2, 0.25) is 0 Å². The highest BCUT2D eigenvalue weighted by atomic mass is 16.4. The molecule has 0 bridgehead atoms. The first-order valence-electron chi connectivity index (χ1n) is 5.81. The van der Waals surface area contributed by atoms with Gasteiger partial charge in [0.05, 0.1) is 5.92 Å². The van der Waals surface area contributed by atoms with E-state index >= 15 is 0 Å². The van der Waals surface area contributed by atoms with Crippen LogP contribution in [0.4, 0.5) is 0 Å². The van der Waals surface area contributed by atoms with Crippen LogP contribution in [-0.4, -0.2) is 11.1 Å². The molecule has 0 aliphatic heterocycles. The molecule has 1 unspecified atom stereocenters. The van der Waals surface area contributed by atoms with Gasteiger partial charge in [-0.2, -0.15) is 0 Å². The molecule has 0 amide bonds.